The zero-order valence-electron chi connectivity index (χ0n) is 10.6. The summed E-state index contributed by atoms with van der Waals surface area (Å²) in [7, 11) is 15.1. The lowest BCUT2D eigenvalue weighted by molar-refractivity contribution is 0.404. The normalized spacial score (nSPS) is 9.81. The second-order valence-electron chi connectivity index (χ2n) is 3.56. The van der Waals surface area contributed by atoms with Crippen LogP contribution in [0.4, 0.5) is 0 Å². The molecule has 0 atom stereocenters. The average Bonchev–Trinajstić information content (AvgIpc) is 2.51. The molecule has 0 amide bonds. The molecule has 2 aromatic carbocycles. The van der Waals surface area contributed by atoms with Gasteiger partial charge in [0.25, 0.3) is 0 Å². The Balaban J connectivity index is 0.000000219. The van der Waals surface area contributed by atoms with Crippen LogP contribution in [0.1, 0.15) is 0 Å². The number of hydrogen-bond acceptors (Lipinski definition) is 4. The van der Waals surface area contributed by atoms with Crippen molar-refractivity contribution in [3.8, 4) is 5.75 Å². The maximum Gasteiger partial charge on any atom is 0.133 e. The molecular formula is C13H10Cl4OS3. The summed E-state index contributed by atoms with van der Waals surface area (Å²) in [5, 5.41) is 1.23. The summed E-state index contributed by atoms with van der Waals surface area (Å²) in [5.74, 6) is 0.768. The Labute approximate surface area is 157 Å². The molecule has 0 saturated carbocycles. The molecule has 0 aromatic heterocycles. The molecule has 0 unspecified atom stereocenters. The Morgan fingerprint density at radius 2 is 1.71 bits per heavy atom. The molecule has 0 aliphatic rings. The number of methoxy groups -OCH3 is 1. The first-order chi connectivity index (χ1) is 10.0. The van der Waals surface area contributed by atoms with Crippen molar-refractivity contribution in [1.29, 1.82) is 0 Å². The van der Waals surface area contributed by atoms with Crippen LogP contribution in [-0.2, 0) is 0 Å². The molecule has 0 bridgehead atoms. The molecule has 21 heavy (non-hydrogen) atoms. The lowest BCUT2D eigenvalue weighted by Crippen LogP contribution is -1.84. The molecule has 2 rings (SSSR count). The summed E-state index contributed by atoms with van der Waals surface area (Å²) in [4.78, 5) is 2.59. The molecule has 0 N–H and O–H groups in total. The number of halogens is 4. The fraction of sp³-hybridized carbons (Fsp3) is 0.0769. The maximum atomic E-state index is 5.65. The highest BCUT2D eigenvalue weighted by Gasteiger charge is 2.03. The van der Waals surface area contributed by atoms with Gasteiger partial charge in [-0.05, 0) is 79.7 Å². The largest absolute Gasteiger partial charge is 0.496 e. The van der Waals surface area contributed by atoms with Gasteiger partial charge in [0, 0.05) is 14.8 Å². The van der Waals surface area contributed by atoms with Crippen LogP contribution in [0.5, 0.6) is 5.75 Å². The highest BCUT2D eigenvalue weighted by Crippen LogP contribution is 2.36. The van der Waals surface area contributed by atoms with E-state index >= 15 is 0 Å². The third-order valence-corrected chi connectivity index (χ3v) is 5.24. The summed E-state index contributed by atoms with van der Waals surface area (Å²) in [6.07, 6.45) is 0. The molecule has 0 fully saturated rings. The predicted molar refractivity (Wildman–Crippen MR) is 100 cm³/mol. The van der Waals surface area contributed by atoms with Gasteiger partial charge >= 0.3 is 0 Å². The van der Waals surface area contributed by atoms with Gasteiger partial charge in [0.2, 0.25) is 0 Å². The van der Waals surface area contributed by atoms with Crippen LogP contribution in [0.15, 0.2) is 51.1 Å². The Kier molecular flexibility index (Phi) is 9.53. The molecule has 1 nitrogen and oxygen atoms in total. The minimum atomic E-state index is 0.589. The van der Waals surface area contributed by atoms with Gasteiger partial charge in [-0.25, -0.2) is 0 Å². The van der Waals surface area contributed by atoms with E-state index in [9.17, 15) is 0 Å². The van der Waals surface area contributed by atoms with Crippen LogP contribution < -0.4 is 4.74 Å². The van der Waals surface area contributed by atoms with Gasteiger partial charge in [0.15, 0.2) is 0 Å². The zero-order valence-corrected chi connectivity index (χ0v) is 16.2. The van der Waals surface area contributed by atoms with Crippen LogP contribution >= 0.6 is 79.1 Å². The third-order valence-electron chi connectivity index (χ3n) is 2.22. The third kappa shape index (κ3) is 6.61. The van der Waals surface area contributed by atoms with Gasteiger partial charge in [-0.1, -0.05) is 23.2 Å². The first-order valence-corrected chi connectivity index (χ1v) is 9.90. The Morgan fingerprint density at radius 3 is 2.19 bits per heavy atom. The molecular weight excluding hydrogens is 410 g/mol. The van der Waals surface area contributed by atoms with E-state index in [2.05, 4.69) is 12.6 Å². The number of benzene rings is 2. The van der Waals surface area contributed by atoms with Crippen molar-refractivity contribution < 1.29 is 4.74 Å². The molecule has 8 heteroatoms. The second-order valence-corrected chi connectivity index (χ2v) is 7.03. The van der Waals surface area contributed by atoms with Gasteiger partial charge in [0.1, 0.15) is 5.75 Å². The lowest BCUT2D eigenvalue weighted by Gasteiger charge is -2.04. The molecule has 2 aromatic rings. The predicted octanol–water partition coefficient (Wildman–Crippen LogP) is 7.47. The molecule has 0 aliphatic carbocycles. The van der Waals surface area contributed by atoms with Crippen LogP contribution in [0.2, 0.25) is 10.0 Å². The van der Waals surface area contributed by atoms with Crippen LogP contribution in [-0.4, -0.2) is 7.11 Å². The summed E-state index contributed by atoms with van der Waals surface area (Å²) in [5.41, 5.74) is 0. The minimum Gasteiger partial charge on any atom is -0.496 e. The second kappa shape index (κ2) is 10.3. The van der Waals surface area contributed by atoms with Gasteiger partial charge in [0.05, 0.1) is 17.0 Å². The molecule has 0 aliphatic heterocycles. The first kappa shape index (κ1) is 19.5. The quantitative estimate of drug-likeness (QED) is 0.517. The zero-order chi connectivity index (χ0) is 15.8. The summed E-state index contributed by atoms with van der Waals surface area (Å²) in [6, 6.07) is 10.8. The van der Waals surface area contributed by atoms with E-state index in [1.807, 2.05) is 18.2 Å². The SMILES string of the molecule is COc1ccc(SCl)cc1SCl.Sc1ccc(Cl)cc1Cl. The molecule has 0 heterocycles. The van der Waals surface area contributed by atoms with E-state index in [1.54, 1.807) is 25.3 Å². The van der Waals surface area contributed by atoms with Crippen molar-refractivity contribution in [1.82, 2.24) is 0 Å². The fourth-order valence-electron chi connectivity index (χ4n) is 1.25. The van der Waals surface area contributed by atoms with Gasteiger partial charge in [-0.3, -0.25) is 0 Å². The van der Waals surface area contributed by atoms with Crippen molar-refractivity contribution >= 4 is 79.1 Å². The number of hydrogen-bond donors (Lipinski definition) is 1. The van der Waals surface area contributed by atoms with E-state index in [1.165, 1.54) is 0 Å². The molecule has 114 valence electrons. The first-order valence-electron chi connectivity index (χ1n) is 5.41. The van der Waals surface area contributed by atoms with E-state index in [-0.39, 0.29) is 0 Å². The van der Waals surface area contributed by atoms with E-state index in [0.29, 0.717) is 10.0 Å². The smallest absolute Gasteiger partial charge is 0.133 e. The summed E-state index contributed by atoms with van der Waals surface area (Å²) in [6.45, 7) is 0. The molecule has 0 radical (unpaired) electrons. The number of rotatable bonds is 3. The number of thiol groups is 1. The van der Waals surface area contributed by atoms with Gasteiger partial charge in [-0.2, -0.15) is 0 Å². The van der Waals surface area contributed by atoms with Crippen LogP contribution in [0.3, 0.4) is 0 Å². The Morgan fingerprint density at radius 1 is 1.00 bits per heavy atom. The maximum absolute atomic E-state index is 5.65. The van der Waals surface area contributed by atoms with Crippen molar-refractivity contribution in [3.63, 3.8) is 0 Å². The lowest BCUT2D eigenvalue weighted by atomic mass is 10.3. The monoisotopic (exact) mass is 418 g/mol. The fourth-order valence-corrected chi connectivity index (χ4v) is 3.20. The highest BCUT2D eigenvalue weighted by atomic mass is 35.7. The molecule has 0 saturated heterocycles. The molecule has 0 spiro atoms. The van der Waals surface area contributed by atoms with Gasteiger partial charge < -0.3 is 4.74 Å². The topological polar surface area (TPSA) is 9.23 Å². The summed E-state index contributed by atoms with van der Waals surface area (Å²) < 4.78 is 5.08. The van der Waals surface area contributed by atoms with E-state index < -0.39 is 0 Å². The Bertz CT molecular complexity index is 596. The average molecular weight is 420 g/mol. The van der Waals surface area contributed by atoms with Crippen LogP contribution in [0.25, 0.3) is 0 Å². The highest BCUT2D eigenvalue weighted by molar-refractivity contribution is 8.21. The van der Waals surface area contributed by atoms with E-state index in [4.69, 9.17) is 49.3 Å². The van der Waals surface area contributed by atoms with Crippen molar-refractivity contribution in [2.75, 3.05) is 7.11 Å². The standard InChI is InChI=1S/C7H6Cl2OS2.C6H4Cl2S/c1-10-6-3-2-5(11-8)4-7(6)12-9;7-4-1-2-6(9)5(8)3-4/h2-4H,1H3;1-3,9H. The summed E-state index contributed by atoms with van der Waals surface area (Å²) >= 11 is 15.3. The van der Waals surface area contributed by atoms with Crippen molar-refractivity contribution in [2.24, 2.45) is 0 Å². The minimum absolute atomic E-state index is 0.589. The van der Waals surface area contributed by atoms with Crippen molar-refractivity contribution in [2.45, 2.75) is 14.7 Å². The van der Waals surface area contributed by atoms with Crippen molar-refractivity contribution in [3.05, 3.63) is 46.4 Å². The number of ether oxygens (including phenoxy) is 1. The Hall–Kier alpha value is 0.450. The van der Waals surface area contributed by atoms with Crippen LogP contribution in [0, 0.1) is 0 Å². The van der Waals surface area contributed by atoms with Gasteiger partial charge in [-0.15, -0.1) is 12.6 Å². The van der Waals surface area contributed by atoms with E-state index in [0.717, 1.165) is 42.4 Å².